The van der Waals surface area contributed by atoms with Crippen molar-refractivity contribution >= 4 is 17.8 Å². The van der Waals surface area contributed by atoms with Crippen molar-refractivity contribution in [3.8, 4) is 0 Å². The third-order valence-electron chi connectivity index (χ3n) is 4.99. The molecule has 8 nitrogen and oxygen atoms in total. The van der Waals surface area contributed by atoms with Crippen molar-refractivity contribution in [3.63, 3.8) is 0 Å². The second kappa shape index (κ2) is 6.80. The molecule has 3 rings (SSSR count). The molecule has 1 N–H and O–H groups in total. The lowest BCUT2D eigenvalue weighted by Crippen LogP contribution is -2.51. The van der Waals surface area contributed by atoms with Crippen LogP contribution in [-0.4, -0.2) is 77.1 Å². The molecule has 8 heteroatoms. The predicted molar refractivity (Wildman–Crippen MR) is 88.7 cm³/mol. The van der Waals surface area contributed by atoms with Crippen LogP contribution in [0.4, 0.5) is 10.7 Å². The molecule has 0 aliphatic carbocycles. The molecule has 3 heterocycles. The summed E-state index contributed by atoms with van der Waals surface area (Å²) in [5.41, 5.74) is 0.735. The first kappa shape index (κ1) is 16.8. The van der Waals surface area contributed by atoms with Crippen molar-refractivity contribution in [1.29, 1.82) is 0 Å². The molecule has 1 atom stereocenters. The van der Waals surface area contributed by atoms with E-state index in [4.69, 9.17) is 4.52 Å². The number of hydrogen-bond acceptors (Lipinski definition) is 5. The molecule has 2 aliphatic heterocycles. The van der Waals surface area contributed by atoms with Crippen molar-refractivity contribution in [2.75, 3.05) is 38.5 Å². The molecule has 1 aromatic rings. The first-order valence-electron chi connectivity index (χ1n) is 8.45. The number of aryl methyl sites for hydroxylation is 1. The van der Waals surface area contributed by atoms with E-state index in [1.165, 1.54) is 0 Å². The molecule has 0 bridgehead atoms. The summed E-state index contributed by atoms with van der Waals surface area (Å²) >= 11 is 0. The van der Waals surface area contributed by atoms with Gasteiger partial charge in [0.2, 0.25) is 11.8 Å². The molecule has 0 spiro atoms. The third kappa shape index (κ3) is 3.38. The van der Waals surface area contributed by atoms with Gasteiger partial charge in [-0.15, -0.1) is 0 Å². The van der Waals surface area contributed by atoms with Gasteiger partial charge in [0.25, 0.3) is 0 Å². The monoisotopic (exact) mass is 335 g/mol. The standard InChI is InChI=1S/C16H25N5O3/c1-11-10-14(24-18-11)17-15(22)12(2)20-6-4-13(5-7-20)21-9-8-19(3)16(21)23/h10,12-13H,4-9H2,1-3H3,(H,17,22)/t12-/m1/s1. The first-order valence-corrected chi connectivity index (χ1v) is 8.45. The van der Waals surface area contributed by atoms with E-state index >= 15 is 0 Å². The van der Waals surface area contributed by atoms with Gasteiger partial charge >= 0.3 is 6.03 Å². The van der Waals surface area contributed by atoms with Crippen LogP contribution in [0.15, 0.2) is 10.6 Å². The predicted octanol–water partition coefficient (Wildman–Crippen LogP) is 1.14. The van der Waals surface area contributed by atoms with Crippen LogP contribution < -0.4 is 5.32 Å². The Kier molecular flexibility index (Phi) is 4.75. The molecule has 0 radical (unpaired) electrons. The zero-order valence-corrected chi connectivity index (χ0v) is 14.5. The highest BCUT2D eigenvalue weighted by Gasteiger charge is 2.35. The molecule has 2 aliphatic rings. The fourth-order valence-electron chi connectivity index (χ4n) is 3.41. The van der Waals surface area contributed by atoms with E-state index in [2.05, 4.69) is 15.4 Å². The highest BCUT2D eigenvalue weighted by molar-refractivity contribution is 5.93. The molecule has 24 heavy (non-hydrogen) atoms. The number of nitrogens with one attached hydrogen (secondary N) is 1. The summed E-state index contributed by atoms with van der Waals surface area (Å²) in [4.78, 5) is 30.3. The second-order valence-electron chi connectivity index (χ2n) is 6.66. The van der Waals surface area contributed by atoms with Gasteiger partial charge in [0.05, 0.1) is 11.7 Å². The molecule has 3 amide bonds. The summed E-state index contributed by atoms with van der Waals surface area (Å²) in [5, 5.41) is 6.52. The fourth-order valence-corrected chi connectivity index (χ4v) is 3.41. The maximum absolute atomic E-state index is 12.3. The zero-order valence-electron chi connectivity index (χ0n) is 14.5. The zero-order chi connectivity index (χ0) is 17.3. The summed E-state index contributed by atoms with van der Waals surface area (Å²) in [5.74, 6) is 0.284. The summed E-state index contributed by atoms with van der Waals surface area (Å²) < 4.78 is 5.03. The normalized spacial score (nSPS) is 21.4. The number of piperidine rings is 1. The summed E-state index contributed by atoms with van der Waals surface area (Å²) in [7, 11) is 1.84. The molecule has 2 saturated heterocycles. The van der Waals surface area contributed by atoms with Gasteiger partial charge in [0.1, 0.15) is 0 Å². The van der Waals surface area contributed by atoms with Crippen LogP contribution >= 0.6 is 0 Å². The maximum Gasteiger partial charge on any atom is 0.320 e. The molecule has 0 saturated carbocycles. The minimum Gasteiger partial charge on any atom is -0.338 e. The van der Waals surface area contributed by atoms with E-state index in [-0.39, 0.29) is 24.0 Å². The highest BCUT2D eigenvalue weighted by Crippen LogP contribution is 2.22. The van der Waals surface area contributed by atoms with Crippen molar-refractivity contribution in [1.82, 2.24) is 19.9 Å². The average Bonchev–Trinajstić information content (AvgIpc) is 3.13. The van der Waals surface area contributed by atoms with Crippen LogP contribution in [0.2, 0.25) is 0 Å². The van der Waals surface area contributed by atoms with Gasteiger partial charge in [0, 0.05) is 45.3 Å². The van der Waals surface area contributed by atoms with Crippen LogP contribution in [0.5, 0.6) is 0 Å². The number of carbonyl (C=O) groups is 2. The van der Waals surface area contributed by atoms with Gasteiger partial charge in [-0.05, 0) is 26.7 Å². The van der Waals surface area contributed by atoms with Gasteiger partial charge in [0.15, 0.2) is 0 Å². The molecule has 1 aromatic heterocycles. The number of urea groups is 1. The van der Waals surface area contributed by atoms with Crippen LogP contribution in [-0.2, 0) is 4.79 Å². The number of likely N-dealkylation sites (tertiary alicyclic amines) is 1. The van der Waals surface area contributed by atoms with Gasteiger partial charge in [-0.1, -0.05) is 5.16 Å². The van der Waals surface area contributed by atoms with E-state index in [0.29, 0.717) is 5.88 Å². The van der Waals surface area contributed by atoms with Gasteiger partial charge < -0.3 is 14.3 Å². The number of aromatic nitrogens is 1. The Morgan fingerprint density at radius 1 is 1.33 bits per heavy atom. The SMILES string of the molecule is Cc1cc(NC(=O)[C@@H](C)N2CCC(N3CCN(C)C3=O)CC2)on1. The Bertz CT molecular complexity index is 609. The van der Waals surface area contributed by atoms with E-state index in [1.807, 2.05) is 25.8 Å². The van der Waals surface area contributed by atoms with Crippen LogP contribution in [0.1, 0.15) is 25.5 Å². The Morgan fingerprint density at radius 2 is 2.04 bits per heavy atom. The van der Waals surface area contributed by atoms with E-state index < -0.39 is 0 Å². The lowest BCUT2D eigenvalue weighted by Gasteiger charge is -2.38. The third-order valence-corrected chi connectivity index (χ3v) is 4.99. The van der Waals surface area contributed by atoms with Crippen LogP contribution in [0, 0.1) is 6.92 Å². The molecule has 132 valence electrons. The summed E-state index contributed by atoms with van der Waals surface area (Å²) in [6, 6.07) is 1.87. The topological polar surface area (TPSA) is 81.9 Å². The second-order valence-corrected chi connectivity index (χ2v) is 6.66. The van der Waals surface area contributed by atoms with Crippen molar-refractivity contribution in [2.24, 2.45) is 0 Å². The molecule has 0 unspecified atom stereocenters. The van der Waals surface area contributed by atoms with Gasteiger partial charge in [-0.25, -0.2) is 4.79 Å². The summed E-state index contributed by atoms with van der Waals surface area (Å²) in [6.45, 7) is 6.93. The lowest BCUT2D eigenvalue weighted by molar-refractivity contribution is -0.121. The minimum absolute atomic E-state index is 0.0958. The number of amides is 3. The lowest BCUT2D eigenvalue weighted by atomic mass is 10.0. The molecule has 2 fully saturated rings. The Labute approximate surface area is 141 Å². The quantitative estimate of drug-likeness (QED) is 0.892. The average molecular weight is 335 g/mol. The number of hydrogen-bond donors (Lipinski definition) is 1. The Morgan fingerprint density at radius 3 is 2.58 bits per heavy atom. The first-order chi connectivity index (χ1) is 11.5. The Balaban J connectivity index is 1.50. The molecular formula is C16H25N5O3. The van der Waals surface area contributed by atoms with Crippen molar-refractivity contribution in [2.45, 2.75) is 38.8 Å². The number of rotatable bonds is 4. The van der Waals surface area contributed by atoms with E-state index in [0.717, 1.165) is 44.7 Å². The van der Waals surface area contributed by atoms with Crippen LogP contribution in [0.3, 0.4) is 0 Å². The summed E-state index contributed by atoms with van der Waals surface area (Å²) in [6.07, 6.45) is 1.80. The largest absolute Gasteiger partial charge is 0.338 e. The smallest absolute Gasteiger partial charge is 0.320 e. The van der Waals surface area contributed by atoms with Crippen LogP contribution in [0.25, 0.3) is 0 Å². The number of anilines is 1. The Hall–Kier alpha value is -2.09. The van der Waals surface area contributed by atoms with Crippen molar-refractivity contribution < 1.29 is 14.1 Å². The van der Waals surface area contributed by atoms with Gasteiger partial charge in [-0.2, -0.15) is 0 Å². The fraction of sp³-hybridized carbons (Fsp3) is 0.688. The maximum atomic E-state index is 12.3. The molecule has 0 aromatic carbocycles. The highest BCUT2D eigenvalue weighted by atomic mass is 16.5. The van der Waals surface area contributed by atoms with Crippen molar-refractivity contribution in [3.05, 3.63) is 11.8 Å². The minimum atomic E-state index is -0.242. The number of nitrogens with zero attached hydrogens (tertiary/aromatic N) is 4. The number of carbonyl (C=O) groups excluding carboxylic acids is 2. The van der Waals surface area contributed by atoms with Gasteiger partial charge in [-0.3, -0.25) is 15.0 Å². The van der Waals surface area contributed by atoms with E-state index in [9.17, 15) is 9.59 Å². The molecular weight excluding hydrogens is 310 g/mol. The van der Waals surface area contributed by atoms with E-state index in [1.54, 1.807) is 11.0 Å². The number of likely N-dealkylation sites (N-methyl/N-ethyl adjacent to an activating group) is 1.